The maximum absolute atomic E-state index is 9.83. The first-order valence-electron chi connectivity index (χ1n) is 4.68. The number of aliphatic hydroxyl groups is 1. The first-order chi connectivity index (χ1) is 7.25. The Kier molecular flexibility index (Phi) is 2.73. The number of aliphatic hydroxyl groups excluding tert-OH is 1. The lowest BCUT2D eigenvalue weighted by Gasteiger charge is -2.06. The summed E-state index contributed by atoms with van der Waals surface area (Å²) in [4.78, 5) is 7.94. The standard InChI is InChI=1S/C10H12N4O/c1-14-5-2-8(13-14)6-10(15)9-7-11-3-4-12-9/h2-5,7,10,15H,6H2,1H3. The molecule has 0 amide bonds. The fourth-order valence-corrected chi connectivity index (χ4v) is 1.36. The van der Waals surface area contributed by atoms with Crippen molar-refractivity contribution in [1.82, 2.24) is 19.7 Å². The van der Waals surface area contributed by atoms with Crippen molar-refractivity contribution in [1.29, 1.82) is 0 Å². The Bertz CT molecular complexity index is 426. The van der Waals surface area contributed by atoms with Crippen molar-refractivity contribution in [3.8, 4) is 0 Å². The van der Waals surface area contributed by atoms with Crippen molar-refractivity contribution in [3.05, 3.63) is 42.2 Å². The minimum atomic E-state index is -0.645. The minimum absolute atomic E-state index is 0.458. The summed E-state index contributed by atoms with van der Waals surface area (Å²) in [5, 5.41) is 14.0. The minimum Gasteiger partial charge on any atom is -0.386 e. The van der Waals surface area contributed by atoms with E-state index in [0.717, 1.165) is 5.69 Å². The van der Waals surface area contributed by atoms with E-state index in [4.69, 9.17) is 0 Å². The highest BCUT2D eigenvalue weighted by atomic mass is 16.3. The van der Waals surface area contributed by atoms with Crippen LogP contribution in [0.25, 0.3) is 0 Å². The van der Waals surface area contributed by atoms with Gasteiger partial charge < -0.3 is 5.11 Å². The molecule has 0 radical (unpaired) electrons. The molecule has 1 N–H and O–H groups in total. The maximum Gasteiger partial charge on any atom is 0.103 e. The highest BCUT2D eigenvalue weighted by molar-refractivity contribution is 5.06. The van der Waals surface area contributed by atoms with Crippen molar-refractivity contribution >= 4 is 0 Å². The zero-order valence-electron chi connectivity index (χ0n) is 8.41. The van der Waals surface area contributed by atoms with Gasteiger partial charge in [0.15, 0.2) is 0 Å². The predicted octanol–water partition coefficient (Wildman–Crippen LogP) is 0.486. The lowest BCUT2D eigenvalue weighted by Crippen LogP contribution is -2.05. The molecule has 0 aliphatic heterocycles. The van der Waals surface area contributed by atoms with Gasteiger partial charge in [0, 0.05) is 32.1 Å². The van der Waals surface area contributed by atoms with Gasteiger partial charge in [-0.25, -0.2) is 0 Å². The molecule has 15 heavy (non-hydrogen) atoms. The number of hydrogen-bond acceptors (Lipinski definition) is 4. The molecule has 5 heteroatoms. The van der Waals surface area contributed by atoms with Crippen LogP contribution >= 0.6 is 0 Å². The van der Waals surface area contributed by atoms with E-state index in [1.807, 2.05) is 19.3 Å². The molecule has 2 aromatic rings. The van der Waals surface area contributed by atoms with Gasteiger partial charge >= 0.3 is 0 Å². The summed E-state index contributed by atoms with van der Waals surface area (Å²) in [6.07, 6.45) is 6.37. The lowest BCUT2D eigenvalue weighted by molar-refractivity contribution is 0.171. The van der Waals surface area contributed by atoms with Crippen LogP contribution in [-0.2, 0) is 13.5 Å². The van der Waals surface area contributed by atoms with Crippen LogP contribution in [0.1, 0.15) is 17.5 Å². The molecule has 0 saturated carbocycles. The number of nitrogens with zero attached hydrogens (tertiary/aromatic N) is 4. The Morgan fingerprint density at radius 1 is 1.47 bits per heavy atom. The summed E-state index contributed by atoms with van der Waals surface area (Å²) in [5.74, 6) is 0. The highest BCUT2D eigenvalue weighted by Crippen LogP contribution is 2.13. The number of aromatic nitrogens is 4. The zero-order chi connectivity index (χ0) is 10.7. The second-order valence-corrected chi connectivity index (χ2v) is 3.33. The first kappa shape index (κ1) is 9.79. The molecule has 0 spiro atoms. The van der Waals surface area contributed by atoms with Gasteiger partial charge in [0.25, 0.3) is 0 Å². The molecule has 1 unspecified atom stereocenters. The summed E-state index contributed by atoms with van der Waals surface area (Å²) in [5.41, 5.74) is 1.42. The first-order valence-corrected chi connectivity index (χ1v) is 4.68. The lowest BCUT2D eigenvalue weighted by atomic mass is 10.1. The zero-order valence-corrected chi connectivity index (χ0v) is 8.41. The molecule has 0 fully saturated rings. The van der Waals surface area contributed by atoms with Gasteiger partial charge in [-0.3, -0.25) is 14.6 Å². The fourth-order valence-electron chi connectivity index (χ4n) is 1.36. The molecular weight excluding hydrogens is 192 g/mol. The van der Waals surface area contributed by atoms with E-state index >= 15 is 0 Å². The molecule has 2 rings (SSSR count). The van der Waals surface area contributed by atoms with E-state index in [1.54, 1.807) is 23.3 Å². The molecule has 0 bridgehead atoms. The number of aryl methyl sites for hydroxylation is 1. The molecule has 2 heterocycles. The van der Waals surface area contributed by atoms with E-state index < -0.39 is 6.10 Å². The summed E-state index contributed by atoms with van der Waals surface area (Å²) >= 11 is 0. The normalized spacial score (nSPS) is 12.7. The van der Waals surface area contributed by atoms with E-state index in [-0.39, 0.29) is 0 Å². The van der Waals surface area contributed by atoms with E-state index in [9.17, 15) is 5.11 Å². The Morgan fingerprint density at radius 3 is 2.93 bits per heavy atom. The van der Waals surface area contributed by atoms with Crippen molar-refractivity contribution in [3.63, 3.8) is 0 Å². The predicted molar refractivity (Wildman–Crippen MR) is 53.9 cm³/mol. The van der Waals surface area contributed by atoms with Gasteiger partial charge in [0.1, 0.15) is 6.10 Å². The van der Waals surface area contributed by atoms with Crippen LogP contribution in [0, 0.1) is 0 Å². The monoisotopic (exact) mass is 204 g/mol. The Labute approximate surface area is 87.4 Å². The summed E-state index contributed by atoms with van der Waals surface area (Å²) in [6, 6.07) is 1.87. The van der Waals surface area contributed by atoms with Crippen molar-refractivity contribution in [2.24, 2.45) is 7.05 Å². The second-order valence-electron chi connectivity index (χ2n) is 3.33. The van der Waals surface area contributed by atoms with Crippen molar-refractivity contribution < 1.29 is 5.11 Å². The average Bonchev–Trinajstić information content (AvgIpc) is 2.65. The Morgan fingerprint density at radius 2 is 2.33 bits per heavy atom. The van der Waals surface area contributed by atoms with Gasteiger partial charge in [0.2, 0.25) is 0 Å². The number of rotatable bonds is 3. The number of hydrogen-bond donors (Lipinski definition) is 1. The Balaban J connectivity index is 2.07. The van der Waals surface area contributed by atoms with Gasteiger partial charge in [-0.15, -0.1) is 0 Å². The van der Waals surface area contributed by atoms with Gasteiger partial charge in [-0.2, -0.15) is 5.10 Å². The average molecular weight is 204 g/mol. The smallest absolute Gasteiger partial charge is 0.103 e. The second kappa shape index (κ2) is 4.18. The van der Waals surface area contributed by atoms with Crippen LogP contribution in [0.5, 0.6) is 0 Å². The SMILES string of the molecule is Cn1ccc(CC(O)c2cnccn2)n1. The molecule has 78 valence electrons. The summed E-state index contributed by atoms with van der Waals surface area (Å²) < 4.78 is 1.71. The van der Waals surface area contributed by atoms with E-state index in [2.05, 4.69) is 15.1 Å². The molecule has 0 aliphatic rings. The Hall–Kier alpha value is -1.75. The third-order valence-electron chi connectivity index (χ3n) is 2.10. The third-order valence-corrected chi connectivity index (χ3v) is 2.10. The van der Waals surface area contributed by atoms with Crippen molar-refractivity contribution in [2.75, 3.05) is 0 Å². The third kappa shape index (κ3) is 2.38. The molecule has 5 nitrogen and oxygen atoms in total. The summed E-state index contributed by atoms with van der Waals surface area (Å²) in [7, 11) is 1.85. The van der Waals surface area contributed by atoms with Crippen LogP contribution in [-0.4, -0.2) is 24.9 Å². The fraction of sp³-hybridized carbons (Fsp3) is 0.300. The largest absolute Gasteiger partial charge is 0.386 e. The van der Waals surface area contributed by atoms with E-state index in [0.29, 0.717) is 12.1 Å². The van der Waals surface area contributed by atoms with Crippen LogP contribution in [0.4, 0.5) is 0 Å². The highest BCUT2D eigenvalue weighted by Gasteiger charge is 2.11. The molecular formula is C10H12N4O. The van der Waals surface area contributed by atoms with Crippen molar-refractivity contribution in [2.45, 2.75) is 12.5 Å². The summed E-state index contributed by atoms with van der Waals surface area (Å²) in [6.45, 7) is 0. The molecule has 1 atom stereocenters. The van der Waals surface area contributed by atoms with Gasteiger partial charge in [-0.1, -0.05) is 0 Å². The molecule has 0 aliphatic carbocycles. The van der Waals surface area contributed by atoms with Crippen LogP contribution < -0.4 is 0 Å². The quantitative estimate of drug-likeness (QED) is 0.790. The van der Waals surface area contributed by atoms with Crippen LogP contribution in [0.15, 0.2) is 30.9 Å². The topological polar surface area (TPSA) is 63.8 Å². The van der Waals surface area contributed by atoms with E-state index in [1.165, 1.54) is 0 Å². The molecule has 0 aromatic carbocycles. The van der Waals surface area contributed by atoms with Gasteiger partial charge in [0.05, 0.1) is 17.6 Å². The molecule has 0 saturated heterocycles. The molecule has 2 aromatic heterocycles. The maximum atomic E-state index is 9.83. The van der Waals surface area contributed by atoms with Crippen LogP contribution in [0.2, 0.25) is 0 Å². The van der Waals surface area contributed by atoms with Gasteiger partial charge in [-0.05, 0) is 6.07 Å². The van der Waals surface area contributed by atoms with Crippen LogP contribution in [0.3, 0.4) is 0 Å².